The number of nitrogens with two attached hydrogens (primary N) is 1. The molecule has 144 valence electrons. The van der Waals surface area contributed by atoms with Gasteiger partial charge in [-0.05, 0) is 36.1 Å². The summed E-state index contributed by atoms with van der Waals surface area (Å²) in [6.07, 6.45) is 7.47. The van der Waals surface area contributed by atoms with E-state index in [4.69, 9.17) is 28.9 Å². The van der Waals surface area contributed by atoms with Gasteiger partial charge in [-0.3, -0.25) is 0 Å². The lowest BCUT2D eigenvalue weighted by Gasteiger charge is -2.28. The molecule has 0 amide bonds. The molecular formula is C23H26Cl3N. The standard InChI is InChI=1S/C23H25Cl2N.ClH/c24-21-14-17(15-22(25)23(21)19-11-5-2-6-12-19)8-7-13-20(16-26)18-9-3-1-4-10-18;/h2,5-6,11-12,14-15,18,20H,1,3-4,9-10,13,16,26H2;1H. The van der Waals surface area contributed by atoms with E-state index in [9.17, 15) is 0 Å². The van der Waals surface area contributed by atoms with E-state index < -0.39 is 0 Å². The van der Waals surface area contributed by atoms with Crippen LogP contribution in [0, 0.1) is 23.7 Å². The van der Waals surface area contributed by atoms with Crippen molar-refractivity contribution in [1.29, 1.82) is 0 Å². The first-order chi connectivity index (χ1) is 12.7. The predicted molar refractivity (Wildman–Crippen MR) is 120 cm³/mol. The minimum atomic E-state index is 0. The van der Waals surface area contributed by atoms with E-state index in [2.05, 4.69) is 11.8 Å². The molecule has 0 aliphatic heterocycles. The highest BCUT2D eigenvalue weighted by atomic mass is 35.5. The maximum absolute atomic E-state index is 6.49. The largest absolute Gasteiger partial charge is 0.330 e. The molecular weight excluding hydrogens is 397 g/mol. The van der Waals surface area contributed by atoms with Crippen molar-refractivity contribution < 1.29 is 0 Å². The fraction of sp³-hybridized carbons (Fsp3) is 0.391. The Morgan fingerprint density at radius 1 is 1.00 bits per heavy atom. The van der Waals surface area contributed by atoms with Crippen LogP contribution in [0.3, 0.4) is 0 Å². The number of hydrogen-bond acceptors (Lipinski definition) is 1. The molecule has 0 bridgehead atoms. The molecule has 0 radical (unpaired) electrons. The summed E-state index contributed by atoms with van der Waals surface area (Å²) in [5.74, 6) is 7.78. The van der Waals surface area contributed by atoms with Gasteiger partial charge < -0.3 is 5.73 Å². The number of rotatable bonds is 4. The summed E-state index contributed by atoms with van der Waals surface area (Å²) in [5, 5.41) is 1.27. The van der Waals surface area contributed by atoms with Gasteiger partial charge in [-0.25, -0.2) is 0 Å². The molecule has 2 N–H and O–H groups in total. The van der Waals surface area contributed by atoms with E-state index in [0.29, 0.717) is 22.5 Å². The maximum atomic E-state index is 6.49. The first-order valence-electron chi connectivity index (χ1n) is 9.42. The smallest absolute Gasteiger partial charge is 0.0511 e. The van der Waals surface area contributed by atoms with Crippen LogP contribution in [0.25, 0.3) is 11.1 Å². The summed E-state index contributed by atoms with van der Waals surface area (Å²) in [7, 11) is 0. The van der Waals surface area contributed by atoms with Crippen LogP contribution in [-0.4, -0.2) is 6.54 Å². The predicted octanol–water partition coefficient (Wildman–Crippen LogP) is 6.98. The average Bonchev–Trinajstić information content (AvgIpc) is 2.66. The van der Waals surface area contributed by atoms with E-state index in [0.717, 1.165) is 29.0 Å². The zero-order chi connectivity index (χ0) is 18.4. The highest BCUT2D eigenvalue weighted by Crippen LogP contribution is 2.35. The molecule has 0 spiro atoms. The molecule has 0 saturated heterocycles. The van der Waals surface area contributed by atoms with Gasteiger partial charge in [0.2, 0.25) is 0 Å². The summed E-state index contributed by atoms with van der Waals surface area (Å²) in [5.41, 5.74) is 8.74. The molecule has 1 atom stereocenters. The highest BCUT2D eigenvalue weighted by Gasteiger charge is 2.21. The second-order valence-corrected chi connectivity index (χ2v) is 7.90. The van der Waals surface area contributed by atoms with E-state index in [-0.39, 0.29) is 12.4 Å². The third kappa shape index (κ3) is 5.90. The van der Waals surface area contributed by atoms with E-state index in [1.54, 1.807) is 0 Å². The molecule has 0 aromatic heterocycles. The average molecular weight is 423 g/mol. The van der Waals surface area contributed by atoms with Crippen LogP contribution < -0.4 is 5.73 Å². The van der Waals surface area contributed by atoms with Crippen LogP contribution >= 0.6 is 35.6 Å². The molecule has 0 heterocycles. The minimum absolute atomic E-state index is 0. The zero-order valence-corrected chi connectivity index (χ0v) is 17.7. The molecule has 1 aliphatic carbocycles. The van der Waals surface area contributed by atoms with Gasteiger partial charge in [-0.1, -0.05) is 97.5 Å². The molecule has 4 heteroatoms. The topological polar surface area (TPSA) is 26.0 Å². The highest BCUT2D eigenvalue weighted by molar-refractivity contribution is 6.39. The van der Waals surface area contributed by atoms with Crippen LogP contribution in [0.4, 0.5) is 0 Å². The lowest BCUT2D eigenvalue weighted by molar-refractivity contribution is 0.256. The molecule has 1 aliphatic rings. The lowest BCUT2D eigenvalue weighted by atomic mass is 9.78. The van der Waals surface area contributed by atoms with Crippen LogP contribution in [0.1, 0.15) is 44.1 Å². The Morgan fingerprint density at radius 2 is 1.63 bits per heavy atom. The Kier molecular flexibility index (Phi) is 9.00. The fourth-order valence-corrected chi connectivity index (χ4v) is 4.56. The van der Waals surface area contributed by atoms with Crippen molar-refractivity contribution in [3.8, 4) is 23.0 Å². The van der Waals surface area contributed by atoms with Gasteiger partial charge >= 0.3 is 0 Å². The number of benzene rings is 2. The normalized spacial score (nSPS) is 15.4. The van der Waals surface area contributed by atoms with Gasteiger partial charge in [-0.15, -0.1) is 12.4 Å². The summed E-state index contributed by atoms with van der Waals surface area (Å²) < 4.78 is 0. The molecule has 27 heavy (non-hydrogen) atoms. The molecule has 1 fully saturated rings. The van der Waals surface area contributed by atoms with E-state index in [1.807, 2.05) is 42.5 Å². The molecule has 3 rings (SSSR count). The van der Waals surface area contributed by atoms with Gasteiger partial charge in [-0.2, -0.15) is 0 Å². The fourth-order valence-electron chi connectivity index (χ4n) is 3.86. The first-order valence-corrected chi connectivity index (χ1v) is 10.2. The van der Waals surface area contributed by atoms with Crippen molar-refractivity contribution in [3.05, 3.63) is 58.1 Å². The summed E-state index contributed by atoms with van der Waals surface area (Å²) in [6, 6.07) is 13.8. The number of halogens is 3. The van der Waals surface area contributed by atoms with Gasteiger partial charge in [0, 0.05) is 17.5 Å². The van der Waals surface area contributed by atoms with Gasteiger partial charge in [0.05, 0.1) is 10.0 Å². The maximum Gasteiger partial charge on any atom is 0.0511 e. The Labute approximate surface area is 179 Å². The molecule has 2 aromatic carbocycles. The van der Waals surface area contributed by atoms with Crippen LogP contribution in [0.5, 0.6) is 0 Å². The Morgan fingerprint density at radius 3 is 2.22 bits per heavy atom. The van der Waals surface area contributed by atoms with Crippen molar-refractivity contribution in [2.45, 2.75) is 38.5 Å². The van der Waals surface area contributed by atoms with Crippen LogP contribution in [-0.2, 0) is 0 Å². The third-order valence-electron chi connectivity index (χ3n) is 5.32. The van der Waals surface area contributed by atoms with Gasteiger partial charge in [0.1, 0.15) is 0 Å². The van der Waals surface area contributed by atoms with Crippen molar-refractivity contribution in [2.75, 3.05) is 6.54 Å². The minimum Gasteiger partial charge on any atom is -0.330 e. The third-order valence-corrected chi connectivity index (χ3v) is 5.92. The second-order valence-electron chi connectivity index (χ2n) is 7.08. The number of hydrogen-bond donors (Lipinski definition) is 1. The van der Waals surface area contributed by atoms with Crippen molar-refractivity contribution in [1.82, 2.24) is 0 Å². The van der Waals surface area contributed by atoms with Crippen molar-refractivity contribution >= 4 is 35.6 Å². The summed E-state index contributed by atoms with van der Waals surface area (Å²) in [4.78, 5) is 0. The van der Waals surface area contributed by atoms with E-state index in [1.165, 1.54) is 32.1 Å². The summed E-state index contributed by atoms with van der Waals surface area (Å²) in [6.45, 7) is 0.716. The SMILES string of the molecule is Cl.NCC(CC#Cc1cc(Cl)c(-c2ccccc2)c(Cl)c1)C1CCCCC1. The quantitative estimate of drug-likeness (QED) is 0.528. The monoisotopic (exact) mass is 421 g/mol. The van der Waals surface area contributed by atoms with Crippen molar-refractivity contribution in [2.24, 2.45) is 17.6 Å². The molecule has 2 aromatic rings. The molecule has 1 unspecified atom stereocenters. The Bertz CT molecular complexity index is 763. The molecule has 1 saturated carbocycles. The van der Waals surface area contributed by atoms with Crippen molar-refractivity contribution in [3.63, 3.8) is 0 Å². The second kappa shape index (κ2) is 11.0. The Balaban J connectivity index is 0.00000261. The Hall–Kier alpha value is -1.17. The van der Waals surface area contributed by atoms with Crippen LogP contribution in [0.15, 0.2) is 42.5 Å². The zero-order valence-electron chi connectivity index (χ0n) is 15.4. The van der Waals surface area contributed by atoms with E-state index >= 15 is 0 Å². The summed E-state index contributed by atoms with van der Waals surface area (Å²) >= 11 is 13.0. The lowest BCUT2D eigenvalue weighted by Crippen LogP contribution is -2.25. The molecule has 1 nitrogen and oxygen atoms in total. The van der Waals surface area contributed by atoms with Gasteiger partial charge in [0.15, 0.2) is 0 Å². The van der Waals surface area contributed by atoms with Crippen LogP contribution in [0.2, 0.25) is 10.0 Å². The van der Waals surface area contributed by atoms with Gasteiger partial charge in [0.25, 0.3) is 0 Å². The first kappa shape index (κ1) is 22.1.